The summed E-state index contributed by atoms with van der Waals surface area (Å²) in [5, 5.41) is 20.3. The van der Waals surface area contributed by atoms with E-state index in [4.69, 9.17) is 22.3 Å². The maximum absolute atomic E-state index is 13.8. The monoisotopic (exact) mass is 587 g/mol. The molecule has 0 bridgehead atoms. The summed E-state index contributed by atoms with van der Waals surface area (Å²) in [6, 6.07) is 20.4. The van der Waals surface area contributed by atoms with Gasteiger partial charge in [-0.05, 0) is 92.2 Å². The van der Waals surface area contributed by atoms with Crippen molar-refractivity contribution in [2.24, 2.45) is 0 Å². The van der Waals surface area contributed by atoms with Gasteiger partial charge in [0.15, 0.2) is 0 Å². The number of nitrogens with zero attached hydrogens (tertiary/aromatic N) is 1. The molecule has 0 fully saturated rings. The van der Waals surface area contributed by atoms with E-state index in [2.05, 4.69) is 27.1 Å². The molecule has 166 valence electrons. The fourth-order valence-corrected chi connectivity index (χ4v) is 5.13. The molecule has 3 nitrogen and oxygen atoms in total. The van der Waals surface area contributed by atoms with Crippen LogP contribution >= 0.6 is 40.0 Å². The van der Waals surface area contributed by atoms with E-state index in [1.807, 2.05) is 55.5 Å². The number of nitriles is 1. The van der Waals surface area contributed by atoms with E-state index in [-0.39, 0.29) is 5.82 Å². The maximum Gasteiger partial charge on any atom is 0.124 e. The molecule has 1 atom stereocenters. The highest BCUT2D eigenvalue weighted by atomic mass is 127. The Hall–Kier alpha value is -2.52. The molecule has 0 aliphatic carbocycles. The maximum atomic E-state index is 13.8. The van der Waals surface area contributed by atoms with Crippen LogP contribution in [0.15, 0.2) is 66.7 Å². The van der Waals surface area contributed by atoms with Gasteiger partial charge in [0.25, 0.3) is 0 Å². The van der Waals surface area contributed by atoms with Crippen LogP contribution in [0.25, 0.3) is 17.2 Å². The normalized spacial score (nSPS) is 12.1. The summed E-state index contributed by atoms with van der Waals surface area (Å²) in [4.78, 5) is 0. The van der Waals surface area contributed by atoms with Crippen molar-refractivity contribution >= 4 is 69.1 Å². The Morgan fingerprint density at radius 1 is 1.15 bits per heavy atom. The molecular formula is C26H21ClFIN3P. The van der Waals surface area contributed by atoms with Crippen molar-refractivity contribution in [1.82, 2.24) is 0 Å². The number of halogens is 3. The van der Waals surface area contributed by atoms with Crippen LogP contribution in [-0.4, -0.2) is 6.21 Å². The standard InChI is InChI=1S/C26H21ClFIN3P/c1-2-22(23-11-10-21(28)15-24(23)27)26(18-7-5-17(6-8-18)4-3-13-30)19-9-12-25(32-33-29)20(14-19)16-31/h3-12,14-16,31-33H,2H2,1H3/b4-3+,26-22+,31-16?. The lowest BCUT2D eigenvalue weighted by Gasteiger charge is -2.19. The lowest BCUT2D eigenvalue weighted by atomic mass is 9.87. The summed E-state index contributed by atoms with van der Waals surface area (Å²) in [6.45, 7) is 2.05. The zero-order valence-electron chi connectivity index (χ0n) is 17.8. The zero-order valence-corrected chi connectivity index (χ0v) is 21.7. The van der Waals surface area contributed by atoms with Gasteiger partial charge in [0.1, 0.15) is 5.82 Å². The van der Waals surface area contributed by atoms with E-state index in [0.717, 1.165) is 44.7 Å². The number of hydrogen-bond donors (Lipinski definition) is 2. The van der Waals surface area contributed by atoms with Gasteiger partial charge in [-0.25, -0.2) is 4.39 Å². The third-order valence-corrected chi connectivity index (χ3v) is 6.62. The first-order chi connectivity index (χ1) is 16.0. The molecule has 33 heavy (non-hydrogen) atoms. The number of nitrogens with one attached hydrogen (secondary N) is 2. The Labute approximate surface area is 213 Å². The molecule has 0 aromatic heterocycles. The minimum atomic E-state index is -0.379. The van der Waals surface area contributed by atoms with Crippen LogP contribution < -0.4 is 5.09 Å². The molecular weight excluding hydrogens is 567 g/mol. The first-order valence-corrected chi connectivity index (χ1v) is 14.6. The molecule has 0 saturated carbocycles. The van der Waals surface area contributed by atoms with Crippen molar-refractivity contribution in [3.63, 3.8) is 0 Å². The quantitative estimate of drug-likeness (QED) is 0.0910. The van der Waals surface area contributed by atoms with Crippen molar-refractivity contribution in [2.75, 3.05) is 5.09 Å². The van der Waals surface area contributed by atoms with E-state index in [1.54, 1.807) is 12.1 Å². The Morgan fingerprint density at radius 3 is 2.48 bits per heavy atom. The van der Waals surface area contributed by atoms with Gasteiger partial charge < -0.3 is 10.5 Å². The van der Waals surface area contributed by atoms with E-state index < -0.39 is 0 Å². The predicted molar refractivity (Wildman–Crippen MR) is 149 cm³/mol. The zero-order chi connectivity index (χ0) is 23.8. The van der Waals surface area contributed by atoms with Crippen molar-refractivity contribution in [1.29, 1.82) is 10.7 Å². The first-order valence-electron chi connectivity index (χ1n) is 10.1. The van der Waals surface area contributed by atoms with Gasteiger partial charge in [-0.1, -0.05) is 54.9 Å². The molecule has 3 aromatic rings. The van der Waals surface area contributed by atoms with Gasteiger partial charge >= 0.3 is 0 Å². The van der Waals surface area contributed by atoms with Gasteiger partial charge in [0, 0.05) is 29.9 Å². The van der Waals surface area contributed by atoms with Crippen LogP contribution in [0.1, 0.15) is 41.2 Å². The predicted octanol–water partition coefficient (Wildman–Crippen LogP) is 8.74. The number of allylic oxidation sites excluding steroid dienone is 2. The van der Waals surface area contributed by atoms with Gasteiger partial charge in [0.2, 0.25) is 0 Å². The molecule has 0 radical (unpaired) electrons. The van der Waals surface area contributed by atoms with Crippen molar-refractivity contribution < 1.29 is 4.39 Å². The Morgan fingerprint density at radius 2 is 1.88 bits per heavy atom. The molecule has 3 aromatic carbocycles. The van der Waals surface area contributed by atoms with Crippen LogP contribution in [0.4, 0.5) is 10.1 Å². The fourth-order valence-electron chi connectivity index (χ4n) is 3.65. The minimum Gasteiger partial charge on any atom is -0.358 e. The number of anilines is 1. The van der Waals surface area contributed by atoms with Gasteiger partial charge in [0.05, 0.1) is 11.1 Å². The highest BCUT2D eigenvalue weighted by Gasteiger charge is 2.17. The second-order valence-corrected chi connectivity index (χ2v) is 9.55. The highest BCUT2D eigenvalue weighted by Crippen LogP contribution is 2.39. The third-order valence-electron chi connectivity index (χ3n) is 5.14. The molecule has 0 amide bonds. The van der Waals surface area contributed by atoms with Crippen molar-refractivity contribution in [3.05, 3.63) is 105 Å². The second-order valence-electron chi connectivity index (χ2n) is 7.08. The van der Waals surface area contributed by atoms with Crippen LogP contribution in [0, 0.1) is 22.6 Å². The summed E-state index contributed by atoms with van der Waals surface area (Å²) in [7, 11) is 0. The number of rotatable bonds is 8. The summed E-state index contributed by atoms with van der Waals surface area (Å²) in [5.74, 6) is -0.379. The third kappa shape index (κ3) is 6.09. The largest absolute Gasteiger partial charge is 0.358 e. The van der Waals surface area contributed by atoms with Gasteiger partial charge in [-0.3, -0.25) is 0 Å². The van der Waals surface area contributed by atoms with Gasteiger partial charge in [-0.2, -0.15) is 5.26 Å². The molecule has 7 heteroatoms. The summed E-state index contributed by atoms with van der Waals surface area (Å²) < 4.78 is 13.8. The molecule has 0 spiro atoms. The van der Waals surface area contributed by atoms with Crippen molar-refractivity contribution in [2.45, 2.75) is 13.3 Å². The summed E-state index contributed by atoms with van der Waals surface area (Å²) >= 11 is 8.73. The van der Waals surface area contributed by atoms with E-state index in [9.17, 15) is 4.39 Å². The fraction of sp³-hybridized carbons (Fsp3) is 0.0769. The van der Waals surface area contributed by atoms with Crippen molar-refractivity contribution in [3.8, 4) is 6.07 Å². The summed E-state index contributed by atoms with van der Waals surface area (Å²) in [6.07, 6.45) is 5.70. The lowest BCUT2D eigenvalue weighted by Crippen LogP contribution is -1.99. The topological polar surface area (TPSA) is 59.7 Å². The molecule has 2 N–H and O–H groups in total. The first kappa shape index (κ1) is 25.1. The minimum absolute atomic E-state index is 0.356. The molecule has 0 aliphatic heterocycles. The van der Waals surface area contributed by atoms with E-state index in [1.165, 1.54) is 24.4 Å². The smallest absolute Gasteiger partial charge is 0.124 e. The van der Waals surface area contributed by atoms with Gasteiger partial charge in [-0.15, -0.1) is 0 Å². The summed E-state index contributed by atoms with van der Waals surface area (Å²) in [5.41, 5.74) is 7.22. The second kappa shape index (κ2) is 12.1. The lowest BCUT2D eigenvalue weighted by molar-refractivity contribution is 0.628. The Bertz CT molecular complexity index is 1260. The molecule has 0 aliphatic rings. The average molecular weight is 588 g/mol. The van der Waals surface area contributed by atoms with E-state index >= 15 is 0 Å². The SMILES string of the molecule is CC/C(=C(/c1ccc(/C=C/C#N)cc1)c1ccc(NPI)c(C=N)c1)c1ccc(F)cc1Cl. The molecule has 0 saturated heterocycles. The average Bonchev–Trinajstić information content (AvgIpc) is 2.83. The molecule has 0 heterocycles. The Balaban J connectivity index is 2.29. The molecule has 3 rings (SSSR count). The highest BCUT2D eigenvalue weighted by molar-refractivity contribution is 14.2. The van der Waals surface area contributed by atoms with Crippen LogP contribution in [0.5, 0.6) is 0 Å². The van der Waals surface area contributed by atoms with Crippen LogP contribution in [0.2, 0.25) is 5.02 Å². The van der Waals surface area contributed by atoms with Crippen LogP contribution in [0.3, 0.4) is 0 Å². The van der Waals surface area contributed by atoms with E-state index in [0.29, 0.717) is 17.8 Å². The molecule has 1 unspecified atom stereocenters. The Kier molecular flexibility index (Phi) is 9.20. The van der Waals surface area contributed by atoms with Crippen LogP contribution in [-0.2, 0) is 0 Å². The number of benzene rings is 3. The number of hydrogen-bond acceptors (Lipinski definition) is 3.